The minimum atomic E-state index is -0.625. The number of alkyl carbamates (subject to hydrolysis) is 1. The maximum absolute atomic E-state index is 12.9. The van der Waals surface area contributed by atoms with Gasteiger partial charge in [0.15, 0.2) is 0 Å². The highest BCUT2D eigenvalue weighted by atomic mass is 16.5. The summed E-state index contributed by atoms with van der Waals surface area (Å²) in [6, 6.07) is 22.8. The van der Waals surface area contributed by atoms with Gasteiger partial charge < -0.3 is 34.9 Å². The molecule has 2 saturated heterocycles. The number of rotatable bonds is 8. The maximum atomic E-state index is 12.9. The van der Waals surface area contributed by atoms with Crippen molar-refractivity contribution in [2.24, 2.45) is 0 Å². The van der Waals surface area contributed by atoms with Crippen LogP contribution < -0.4 is 15.5 Å². The number of nitrogens with zero attached hydrogens (tertiary/aromatic N) is 5. The molecule has 2 fully saturated rings. The van der Waals surface area contributed by atoms with Crippen molar-refractivity contribution < 1.29 is 19.1 Å². The Kier molecular flexibility index (Phi) is 9.14. The van der Waals surface area contributed by atoms with E-state index >= 15 is 0 Å². The summed E-state index contributed by atoms with van der Waals surface area (Å²) in [7, 11) is 1.28. The van der Waals surface area contributed by atoms with Gasteiger partial charge in [0.05, 0.1) is 43.8 Å². The number of aromatic nitrogens is 4. The highest BCUT2D eigenvalue weighted by Crippen LogP contribution is 2.33. The summed E-state index contributed by atoms with van der Waals surface area (Å²) in [5, 5.41) is 6.91. The monoisotopic (exact) mass is 646 g/mol. The number of anilines is 3. The van der Waals surface area contributed by atoms with Crippen LogP contribution >= 0.6 is 0 Å². The first kappa shape index (κ1) is 31.1. The molecule has 48 heavy (non-hydrogen) atoms. The van der Waals surface area contributed by atoms with Gasteiger partial charge in [-0.1, -0.05) is 30.3 Å². The van der Waals surface area contributed by atoms with E-state index in [2.05, 4.69) is 101 Å². The average molecular weight is 647 g/mol. The van der Waals surface area contributed by atoms with Gasteiger partial charge in [0.1, 0.15) is 24.5 Å². The number of morpholine rings is 1. The van der Waals surface area contributed by atoms with Gasteiger partial charge in [-0.3, -0.25) is 4.79 Å². The minimum absolute atomic E-state index is 0.112. The molecule has 1 atom stereocenters. The molecule has 0 saturated carbocycles. The molecule has 1 unspecified atom stereocenters. The molecule has 5 aromatic rings. The number of amides is 2. The van der Waals surface area contributed by atoms with Gasteiger partial charge in [-0.15, -0.1) is 0 Å². The molecule has 12 heteroatoms. The van der Waals surface area contributed by atoms with E-state index in [-0.39, 0.29) is 18.5 Å². The van der Waals surface area contributed by atoms with Crippen molar-refractivity contribution >= 4 is 40.1 Å². The van der Waals surface area contributed by atoms with Crippen molar-refractivity contribution in [3.8, 4) is 22.4 Å². The van der Waals surface area contributed by atoms with Crippen molar-refractivity contribution in [2.75, 3.05) is 56.7 Å². The SMILES string of the molecule is COC(=O)NCC(=O)N1CCCCC1c1ncc(-c2ccc(-c3ccc4ncnc(Nc5ccc(N6CCOCC6)cc5)c4c3)cc2)[nH]1. The molecule has 4 heterocycles. The second-order valence-electron chi connectivity index (χ2n) is 11.9. The number of aromatic amines is 1. The van der Waals surface area contributed by atoms with Gasteiger partial charge >= 0.3 is 6.09 Å². The third kappa shape index (κ3) is 6.79. The lowest BCUT2D eigenvalue weighted by molar-refractivity contribution is -0.134. The molecule has 2 aliphatic heterocycles. The first-order chi connectivity index (χ1) is 23.6. The molecule has 7 rings (SSSR count). The number of ether oxygens (including phenoxy) is 2. The van der Waals surface area contributed by atoms with E-state index in [0.29, 0.717) is 6.54 Å². The van der Waals surface area contributed by atoms with Crippen LogP contribution in [-0.2, 0) is 14.3 Å². The van der Waals surface area contributed by atoms with Crippen molar-refractivity contribution in [1.82, 2.24) is 30.2 Å². The fraction of sp³-hybridized carbons (Fsp3) is 0.306. The molecule has 0 aliphatic carbocycles. The first-order valence-corrected chi connectivity index (χ1v) is 16.3. The number of hydrogen-bond acceptors (Lipinski definition) is 9. The maximum Gasteiger partial charge on any atom is 0.407 e. The van der Waals surface area contributed by atoms with Crippen molar-refractivity contribution in [1.29, 1.82) is 0 Å². The summed E-state index contributed by atoms with van der Waals surface area (Å²) < 4.78 is 10.1. The number of likely N-dealkylation sites (tertiary alicyclic amines) is 1. The van der Waals surface area contributed by atoms with Gasteiger partial charge in [-0.05, 0) is 72.4 Å². The van der Waals surface area contributed by atoms with Crippen molar-refractivity contribution in [3.05, 3.63) is 85.1 Å². The van der Waals surface area contributed by atoms with Crippen LogP contribution in [0.1, 0.15) is 31.1 Å². The van der Waals surface area contributed by atoms with Crippen LogP contribution in [0.5, 0.6) is 0 Å². The number of H-pyrrole nitrogens is 1. The second-order valence-corrected chi connectivity index (χ2v) is 11.9. The Morgan fingerprint density at radius 3 is 2.48 bits per heavy atom. The summed E-state index contributed by atoms with van der Waals surface area (Å²) in [5.74, 6) is 1.33. The van der Waals surface area contributed by atoms with E-state index in [9.17, 15) is 9.59 Å². The largest absolute Gasteiger partial charge is 0.453 e. The Balaban J connectivity index is 1.06. The zero-order valence-electron chi connectivity index (χ0n) is 26.8. The molecule has 3 aromatic carbocycles. The Morgan fingerprint density at radius 1 is 0.917 bits per heavy atom. The lowest BCUT2D eigenvalue weighted by Crippen LogP contribution is -2.44. The summed E-state index contributed by atoms with van der Waals surface area (Å²) in [6.07, 6.45) is 5.49. The molecule has 2 amide bonds. The fourth-order valence-corrected chi connectivity index (χ4v) is 6.38. The van der Waals surface area contributed by atoms with E-state index in [1.807, 2.05) is 12.3 Å². The second kappa shape index (κ2) is 14.1. The van der Waals surface area contributed by atoms with Gasteiger partial charge in [0.2, 0.25) is 5.91 Å². The highest BCUT2D eigenvalue weighted by Gasteiger charge is 2.30. The van der Waals surface area contributed by atoms with Crippen LogP contribution in [0.4, 0.5) is 22.0 Å². The third-order valence-electron chi connectivity index (χ3n) is 8.97. The summed E-state index contributed by atoms with van der Waals surface area (Å²) in [6.45, 7) is 3.81. The fourth-order valence-electron chi connectivity index (χ4n) is 6.38. The number of hydrogen-bond donors (Lipinski definition) is 3. The highest BCUT2D eigenvalue weighted by molar-refractivity contribution is 5.94. The average Bonchev–Trinajstić information content (AvgIpc) is 3.65. The van der Waals surface area contributed by atoms with Crippen molar-refractivity contribution in [2.45, 2.75) is 25.3 Å². The number of benzene rings is 3. The van der Waals surface area contributed by atoms with Crippen LogP contribution in [-0.4, -0.2) is 83.3 Å². The molecule has 246 valence electrons. The summed E-state index contributed by atoms with van der Waals surface area (Å²) in [5.41, 5.74) is 6.98. The van der Waals surface area contributed by atoms with Crippen LogP contribution in [0.2, 0.25) is 0 Å². The predicted molar refractivity (Wildman–Crippen MR) is 184 cm³/mol. The number of carbonyl (C=O) groups is 2. The minimum Gasteiger partial charge on any atom is -0.453 e. The molecule has 0 bridgehead atoms. The molecular formula is C36H38N8O4. The molecule has 2 aromatic heterocycles. The molecule has 0 radical (unpaired) electrons. The van der Waals surface area contributed by atoms with E-state index in [1.165, 1.54) is 12.8 Å². The molecular weight excluding hydrogens is 608 g/mol. The van der Waals surface area contributed by atoms with E-state index in [1.54, 1.807) is 11.2 Å². The number of nitrogens with one attached hydrogen (secondary N) is 3. The van der Waals surface area contributed by atoms with Gasteiger partial charge in [-0.2, -0.15) is 0 Å². The van der Waals surface area contributed by atoms with E-state index in [0.717, 1.165) is 96.2 Å². The summed E-state index contributed by atoms with van der Waals surface area (Å²) >= 11 is 0. The van der Waals surface area contributed by atoms with Gasteiger partial charge in [0, 0.05) is 36.4 Å². The predicted octanol–water partition coefficient (Wildman–Crippen LogP) is 5.68. The third-order valence-corrected chi connectivity index (χ3v) is 8.97. The number of piperidine rings is 1. The zero-order chi connectivity index (χ0) is 32.9. The van der Waals surface area contributed by atoms with Crippen molar-refractivity contribution in [3.63, 3.8) is 0 Å². The number of imidazole rings is 1. The lowest BCUT2D eigenvalue weighted by Gasteiger charge is -2.34. The van der Waals surface area contributed by atoms with E-state index in [4.69, 9.17) is 4.74 Å². The number of fused-ring (bicyclic) bond motifs is 1. The van der Waals surface area contributed by atoms with Crippen LogP contribution in [0.25, 0.3) is 33.3 Å². The number of carbonyl (C=O) groups excluding carboxylic acids is 2. The van der Waals surface area contributed by atoms with Crippen LogP contribution in [0.15, 0.2) is 79.3 Å². The topological polar surface area (TPSA) is 138 Å². The van der Waals surface area contributed by atoms with Gasteiger partial charge in [-0.25, -0.2) is 19.7 Å². The number of methoxy groups -OCH3 is 1. The lowest BCUT2D eigenvalue weighted by atomic mass is 10.0. The summed E-state index contributed by atoms with van der Waals surface area (Å²) in [4.78, 5) is 45.7. The first-order valence-electron chi connectivity index (χ1n) is 16.3. The Hall–Kier alpha value is -5.49. The molecule has 2 aliphatic rings. The Labute approximate surface area is 278 Å². The molecule has 12 nitrogen and oxygen atoms in total. The van der Waals surface area contributed by atoms with Crippen LogP contribution in [0.3, 0.4) is 0 Å². The Morgan fingerprint density at radius 2 is 1.69 bits per heavy atom. The van der Waals surface area contributed by atoms with Crippen LogP contribution in [0, 0.1) is 0 Å². The normalized spacial score (nSPS) is 16.5. The zero-order valence-corrected chi connectivity index (χ0v) is 26.8. The smallest absolute Gasteiger partial charge is 0.407 e. The Bertz CT molecular complexity index is 1890. The molecule has 0 spiro atoms. The standard InChI is InChI=1S/C36H38N8O4/c1-47-36(46)38-22-33(45)44-15-3-2-4-32(44)35-37-21-31(42-35)25-7-5-24(6-8-25)26-9-14-30-29(20-26)34(40-23-39-30)41-27-10-12-28(13-11-27)43-16-18-48-19-17-43/h5-14,20-21,23,32H,2-4,15-19,22H2,1H3,(H,37,42)(H,38,46)(H,39,40,41). The van der Waals surface area contributed by atoms with Gasteiger partial charge in [0.25, 0.3) is 0 Å². The van der Waals surface area contributed by atoms with E-state index < -0.39 is 6.09 Å². The quantitative estimate of drug-likeness (QED) is 0.195. The molecule has 3 N–H and O–H groups in total.